The fraction of sp³-hybridized carbons (Fsp3) is 0.667. The molecular weight excluding hydrogens is 152 g/mol. The van der Waals surface area contributed by atoms with E-state index in [0.29, 0.717) is 0 Å². The SMILES string of the molecule is CO.[C-]#CCCC.[Cu+]. The third kappa shape index (κ3) is 36.9. The van der Waals surface area contributed by atoms with Crippen LogP contribution < -0.4 is 0 Å². The number of rotatable bonds is 1. The van der Waals surface area contributed by atoms with Crippen LogP contribution in [0, 0.1) is 12.3 Å². The van der Waals surface area contributed by atoms with E-state index in [-0.39, 0.29) is 17.1 Å². The van der Waals surface area contributed by atoms with Crippen molar-refractivity contribution in [3.63, 3.8) is 0 Å². The van der Waals surface area contributed by atoms with Gasteiger partial charge in [-0.25, -0.2) is 0 Å². The summed E-state index contributed by atoms with van der Waals surface area (Å²) < 4.78 is 0. The maximum atomic E-state index is 7.00. The molecule has 0 heterocycles. The fourth-order valence-electron chi connectivity index (χ4n) is 0.125. The molecule has 0 saturated carbocycles. The van der Waals surface area contributed by atoms with Crippen LogP contribution in [0.5, 0.6) is 0 Å². The zero-order valence-electron chi connectivity index (χ0n) is 5.16. The van der Waals surface area contributed by atoms with E-state index in [4.69, 9.17) is 11.5 Å². The normalized spacial score (nSPS) is 4.75. The van der Waals surface area contributed by atoms with E-state index in [1.54, 1.807) is 0 Å². The summed E-state index contributed by atoms with van der Waals surface area (Å²) in [5.41, 5.74) is 0. The van der Waals surface area contributed by atoms with Crippen LogP contribution in [0.15, 0.2) is 0 Å². The van der Waals surface area contributed by atoms with E-state index < -0.39 is 0 Å². The average Bonchev–Trinajstić information content (AvgIpc) is 1.75. The molecule has 0 radical (unpaired) electrons. The minimum atomic E-state index is 0. The molecule has 0 fully saturated rings. The van der Waals surface area contributed by atoms with Gasteiger partial charge in [0.1, 0.15) is 0 Å². The molecule has 0 aliphatic carbocycles. The predicted molar refractivity (Wildman–Crippen MR) is 30.2 cm³/mol. The molecule has 1 nitrogen and oxygen atoms in total. The van der Waals surface area contributed by atoms with Gasteiger partial charge in [0.25, 0.3) is 0 Å². The van der Waals surface area contributed by atoms with Crippen molar-refractivity contribution in [2.24, 2.45) is 0 Å². The third-order valence-corrected chi connectivity index (χ3v) is 0.375. The maximum Gasteiger partial charge on any atom is 1.00 e. The zero-order chi connectivity index (χ0) is 6.12. The van der Waals surface area contributed by atoms with Gasteiger partial charge in [0.2, 0.25) is 0 Å². The Balaban J connectivity index is -0.0000000750. The first-order chi connectivity index (χ1) is 3.41. The summed E-state index contributed by atoms with van der Waals surface area (Å²) in [6, 6.07) is 0. The Hall–Kier alpha value is 0.0395. The van der Waals surface area contributed by atoms with Gasteiger partial charge in [0.05, 0.1) is 0 Å². The zero-order valence-corrected chi connectivity index (χ0v) is 6.10. The Morgan fingerprint density at radius 2 is 1.88 bits per heavy atom. The Bertz CT molecular complexity index is 47.0. The maximum absolute atomic E-state index is 7.00. The number of hydrogen-bond acceptors (Lipinski definition) is 1. The largest absolute Gasteiger partial charge is 1.00 e. The standard InChI is InChI=1S/C5H7.CH4O.Cu/c1-3-5-4-2;1-2;/h3,5H2,1H3;2H,1H3;/q-1;;+1. The van der Waals surface area contributed by atoms with E-state index in [1.165, 1.54) is 0 Å². The van der Waals surface area contributed by atoms with E-state index >= 15 is 0 Å². The molecule has 0 aromatic carbocycles. The predicted octanol–water partition coefficient (Wildman–Crippen LogP) is 0.982. The molecule has 0 aromatic rings. The Kier molecular flexibility index (Phi) is 54.5. The molecule has 0 aliphatic heterocycles. The van der Waals surface area contributed by atoms with Crippen LogP contribution in [0.2, 0.25) is 0 Å². The van der Waals surface area contributed by atoms with Crippen LogP contribution in [0.4, 0.5) is 0 Å². The van der Waals surface area contributed by atoms with Gasteiger partial charge in [-0.2, -0.15) is 0 Å². The van der Waals surface area contributed by atoms with Crippen LogP contribution in [-0.4, -0.2) is 12.2 Å². The topological polar surface area (TPSA) is 20.2 Å². The molecule has 8 heavy (non-hydrogen) atoms. The summed E-state index contributed by atoms with van der Waals surface area (Å²) in [7, 11) is 1.00. The van der Waals surface area contributed by atoms with Gasteiger partial charge in [0, 0.05) is 7.11 Å². The van der Waals surface area contributed by atoms with Crippen molar-refractivity contribution >= 4 is 0 Å². The van der Waals surface area contributed by atoms with Gasteiger partial charge in [-0.15, -0.1) is 0 Å². The molecule has 0 bridgehead atoms. The first-order valence-electron chi connectivity index (χ1n) is 2.26. The second kappa shape index (κ2) is 27.8. The van der Waals surface area contributed by atoms with Crippen LogP contribution in [0.1, 0.15) is 19.8 Å². The van der Waals surface area contributed by atoms with Gasteiger partial charge >= 0.3 is 17.1 Å². The van der Waals surface area contributed by atoms with Crippen LogP contribution >= 0.6 is 0 Å². The van der Waals surface area contributed by atoms with Crippen molar-refractivity contribution in [2.75, 3.05) is 7.11 Å². The molecule has 0 aromatic heterocycles. The summed E-state index contributed by atoms with van der Waals surface area (Å²) in [6.45, 7) is 2.03. The van der Waals surface area contributed by atoms with Crippen LogP contribution in [0.3, 0.4) is 0 Å². The molecule has 52 valence electrons. The molecule has 0 saturated heterocycles. The minimum Gasteiger partial charge on any atom is -0.694 e. The Morgan fingerprint density at radius 1 is 1.50 bits per heavy atom. The molecule has 0 unspecified atom stereocenters. The second-order valence-corrected chi connectivity index (χ2v) is 0.927. The average molecular weight is 163 g/mol. The number of unbranched alkanes of at least 4 members (excludes halogenated alkanes) is 1. The van der Waals surface area contributed by atoms with Gasteiger partial charge in [0.15, 0.2) is 0 Å². The van der Waals surface area contributed by atoms with Crippen LogP contribution in [-0.2, 0) is 17.1 Å². The molecule has 0 atom stereocenters. The molecule has 0 amide bonds. The summed E-state index contributed by atoms with van der Waals surface area (Å²) >= 11 is 0. The summed E-state index contributed by atoms with van der Waals surface area (Å²) in [5.74, 6) is 2.27. The molecule has 0 aliphatic rings. The van der Waals surface area contributed by atoms with E-state index in [9.17, 15) is 0 Å². The second-order valence-electron chi connectivity index (χ2n) is 0.927. The first kappa shape index (κ1) is 15.7. The summed E-state index contributed by atoms with van der Waals surface area (Å²) in [5, 5.41) is 7.00. The minimum absolute atomic E-state index is 0. The van der Waals surface area contributed by atoms with Crippen molar-refractivity contribution in [3.05, 3.63) is 6.42 Å². The molecule has 0 rings (SSSR count). The smallest absolute Gasteiger partial charge is 0.694 e. The van der Waals surface area contributed by atoms with Crippen molar-refractivity contribution < 1.29 is 22.2 Å². The van der Waals surface area contributed by atoms with Crippen molar-refractivity contribution in [1.29, 1.82) is 0 Å². The van der Waals surface area contributed by atoms with Crippen molar-refractivity contribution in [3.8, 4) is 5.92 Å². The van der Waals surface area contributed by atoms with Crippen molar-refractivity contribution in [2.45, 2.75) is 19.8 Å². The van der Waals surface area contributed by atoms with Gasteiger partial charge in [-0.3, -0.25) is 0 Å². The van der Waals surface area contributed by atoms with Crippen LogP contribution in [0.25, 0.3) is 0 Å². The molecule has 0 spiro atoms. The van der Waals surface area contributed by atoms with E-state index in [2.05, 4.69) is 5.92 Å². The first-order valence-corrected chi connectivity index (χ1v) is 2.26. The number of hydrogen-bond donors (Lipinski definition) is 1. The van der Waals surface area contributed by atoms with Crippen molar-refractivity contribution in [1.82, 2.24) is 0 Å². The quantitative estimate of drug-likeness (QED) is 0.346. The molecular formula is C6H11CuO. The fourth-order valence-corrected chi connectivity index (χ4v) is 0.125. The van der Waals surface area contributed by atoms with Gasteiger partial charge < -0.3 is 17.5 Å². The number of aliphatic hydroxyl groups excluding tert-OH is 1. The Morgan fingerprint density at radius 3 is 1.88 bits per heavy atom. The van der Waals surface area contributed by atoms with Gasteiger partial charge in [-0.1, -0.05) is 6.92 Å². The van der Waals surface area contributed by atoms with E-state index in [0.717, 1.165) is 20.0 Å². The summed E-state index contributed by atoms with van der Waals surface area (Å²) in [4.78, 5) is 0. The molecule has 2 heteroatoms. The third-order valence-electron chi connectivity index (χ3n) is 0.375. The monoisotopic (exact) mass is 162 g/mol. The van der Waals surface area contributed by atoms with E-state index in [1.807, 2.05) is 6.92 Å². The molecule has 1 N–H and O–H groups in total. The van der Waals surface area contributed by atoms with Gasteiger partial charge in [-0.05, 0) is 12.8 Å². The Labute approximate surface area is 62.0 Å². The number of aliphatic hydroxyl groups is 1. The summed E-state index contributed by atoms with van der Waals surface area (Å²) in [6.07, 6.45) is 8.20.